The van der Waals surface area contributed by atoms with Crippen molar-refractivity contribution in [1.29, 1.82) is 0 Å². The topological polar surface area (TPSA) is 46.5 Å². The van der Waals surface area contributed by atoms with Gasteiger partial charge in [-0.05, 0) is 50.9 Å². The van der Waals surface area contributed by atoms with Crippen LogP contribution in [0.25, 0.3) is 0 Å². The van der Waals surface area contributed by atoms with Crippen LogP contribution in [0.1, 0.15) is 72.1 Å². The average molecular weight is 300 g/mol. The molecular formula is C18H36O3. The molecule has 0 atom stereocenters. The van der Waals surface area contributed by atoms with Gasteiger partial charge in [0.05, 0.1) is 0 Å². The number of aliphatic hydroxyl groups excluding tert-OH is 1. The molecule has 0 heterocycles. The summed E-state index contributed by atoms with van der Waals surface area (Å²) < 4.78 is 5.09. The van der Waals surface area contributed by atoms with Crippen molar-refractivity contribution in [3.8, 4) is 0 Å². The molecule has 0 unspecified atom stereocenters. The zero-order chi connectivity index (χ0) is 16.1. The van der Waals surface area contributed by atoms with Crippen LogP contribution in [0.5, 0.6) is 0 Å². The number of carbonyl (C=O) groups excluding carboxylic acids is 1. The van der Waals surface area contributed by atoms with E-state index in [0.29, 0.717) is 24.2 Å². The molecule has 2 aliphatic rings. The van der Waals surface area contributed by atoms with Crippen molar-refractivity contribution in [1.82, 2.24) is 0 Å². The fourth-order valence-corrected chi connectivity index (χ4v) is 2.94. The number of aliphatic hydroxyl groups is 1. The molecule has 0 aromatic rings. The highest BCUT2D eigenvalue weighted by Gasteiger charge is 2.23. The van der Waals surface area contributed by atoms with Gasteiger partial charge in [-0.15, -0.1) is 0 Å². The minimum atomic E-state index is 0.345. The van der Waals surface area contributed by atoms with Crippen molar-refractivity contribution in [2.45, 2.75) is 72.1 Å². The molecular weight excluding hydrogens is 264 g/mol. The molecule has 0 aromatic heterocycles. The maximum atomic E-state index is 11.0. The molecule has 2 rings (SSSR count). The Morgan fingerprint density at radius 1 is 1.05 bits per heavy atom. The fourth-order valence-electron chi connectivity index (χ4n) is 2.94. The SMILES string of the molecule is CC.COCC1CCC(C(C)=O)CC1.OCCC1CCC1. The first-order valence-corrected chi connectivity index (χ1v) is 8.77. The van der Waals surface area contributed by atoms with E-state index in [0.717, 1.165) is 44.6 Å². The molecule has 2 saturated carbocycles. The van der Waals surface area contributed by atoms with Gasteiger partial charge in [0.1, 0.15) is 5.78 Å². The Kier molecular flexibility index (Phi) is 13.0. The fraction of sp³-hybridized carbons (Fsp3) is 0.944. The first-order chi connectivity index (χ1) is 10.2. The van der Waals surface area contributed by atoms with Crippen LogP contribution in [-0.4, -0.2) is 31.2 Å². The van der Waals surface area contributed by atoms with Gasteiger partial charge in [-0.3, -0.25) is 4.79 Å². The van der Waals surface area contributed by atoms with Gasteiger partial charge in [-0.1, -0.05) is 33.1 Å². The Balaban J connectivity index is 0.000000377. The van der Waals surface area contributed by atoms with Gasteiger partial charge < -0.3 is 9.84 Å². The Labute approximate surface area is 131 Å². The molecule has 21 heavy (non-hydrogen) atoms. The van der Waals surface area contributed by atoms with E-state index < -0.39 is 0 Å². The lowest BCUT2D eigenvalue weighted by molar-refractivity contribution is -0.122. The van der Waals surface area contributed by atoms with Crippen LogP contribution in [0.2, 0.25) is 0 Å². The van der Waals surface area contributed by atoms with Crippen LogP contribution < -0.4 is 0 Å². The Morgan fingerprint density at radius 2 is 1.62 bits per heavy atom. The van der Waals surface area contributed by atoms with E-state index in [1.165, 1.54) is 19.3 Å². The standard InChI is InChI=1S/C10H18O2.C6H12O.C2H6/c1-8(11)10-5-3-9(4-6-10)7-12-2;7-5-4-6-2-1-3-6;1-2/h9-10H,3-7H2,1-2H3;6-7H,1-5H2;1-2H3. The molecule has 0 saturated heterocycles. The van der Waals surface area contributed by atoms with E-state index in [9.17, 15) is 4.79 Å². The van der Waals surface area contributed by atoms with Gasteiger partial charge in [-0.25, -0.2) is 0 Å². The summed E-state index contributed by atoms with van der Waals surface area (Å²) in [6.07, 6.45) is 9.63. The minimum absolute atomic E-state index is 0.345. The number of hydrogen-bond donors (Lipinski definition) is 1. The summed E-state index contributed by atoms with van der Waals surface area (Å²) in [4.78, 5) is 11.0. The number of rotatable bonds is 5. The molecule has 0 spiro atoms. The van der Waals surface area contributed by atoms with Gasteiger partial charge in [0.2, 0.25) is 0 Å². The molecule has 3 nitrogen and oxygen atoms in total. The summed E-state index contributed by atoms with van der Waals surface area (Å²) >= 11 is 0. The van der Waals surface area contributed by atoms with Crippen molar-refractivity contribution in [2.75, 3.05) is 20.3 Å². The van der Waals surface area contributed by atoms with E-state index in [4.69, 9.17) is 9.84 Å². The predicted molar refractivity (Wildman–Crippen MR) is 88.4 cm³/mol. The average Bonchev–Trinajstić information content (AvgIpc) is 2.47. The van der Waals surface area contributed by atoms with Gasteiger partial charge >= 0.3 is 0 Å². The summed E-state index contributed by atoms with van der Waals surface area (Å²) in [6, 6.07) is 0. The maximum Gasteiger partial charge on any atom is 0.132 e. The lowest BCUT2D eigenvalue weighted by Gasteiger charge is -2.26. The maximum absolute atomic E-state index is 11.0. The van der Waals surface area contributed by atoms with E-state index in [1.807, 2.05) is 13.8 Å². The van der Waals surface area contributed by atoms with Gasteiger partial charge in [0.25, 0.3) is 0 Å². The summed E-state index contributed by atoms with van der Waals surface area (Å²) in [6.45, 7) is 6.97. The molecule has 3 heteroatoms. The second-order valence-electron chi connectivity index (χ2n) is 6.09. The summed E-state index contributed by atoms with van der Waals surface area (Å²) in [5.41, 5.74) is 0. The molecule has 0 amide bonds. The van der Waals surface area contributed by atoms with Crippen molar-refractivity contribution in [2.24, 2.45) is 17.8 Å². The lowest BCUT2D eigenvalue weighted by atomic mass is 9.81. The Morgan fingerprint density at radius 3 is 1.90 bits per heavy atom. The number of carbonyl (C=O) groups is 1. The second-order valence-corrected chi connectivity index (χ2v) is 6.09. The first kappa shape index (κ1) is 20.6. The number of ether oxygens (including phenoxy) is 1. The highest BCUT2D eigenvalue weighted by atomic mass is 16.5. The molecule has 0 aliphatic heterocycles. The molecule has 0 bridgehead atoms. The third-order valence-electron chi connectivity index (χ3n) is 4.59. The smallest absolute Gasteiger partial charge is 0.132 e. The van der Waals surface area contributed by atoms with Crippen LogP contribution >= 0.6 is 0 Å². The van der Waals surface area contributed by atoms with Crippen molar-refractivity contribution >= 4 is 5.78 Å². The van der Waals surface area contributed by atoms with Crippen LogP contribution in [0.4, 0.5) is 0 Å². The molecule has 0 aromatic carbocycles. The third-order valence-corrected chi connectivity index (χ3v) is 4.59. The van der Waals surface area contributed by atoms with Crippen LogP contribution in [0.15, 0.2) is 0 Å². The summed E-state index contributed by atoms with van der Waals surface area (Å²) in [7, 11) is 1.75. The van der Waals surface area contributed by atoms with Crippen molar-refractivity contribution < 1.29 is 14.6 Å². The number of hydrogen-bond acceptors (Lipinski definition) is 3. The Hall–Kier alpha value is -0.410. The lowest BCUT2D eigenvalue weighted by Crippen LogP contribution is -2.22. The number of Topliss-reactive ketones (excluding diaryl/α,β-unsaturated/α-hetero) is 1. The molecule has 2 aliphatic carbocycles. The van der Waals surface area contributed by atoms with E-state index in [-0.39, 0.29) is 0 Å². The molecule has 126 valence electrons. The van der Waals surface area contributed by atoms with Crippen LogP contribution in [0, 0.1) is 17.8 Å². The van der Waals surface area contributed by atoms with Gasteiger partial charge in [0.15, 0.2) is 0 Å². The predicted octanol–water partition coefficient (Wildman–Crippen LogP) is 4.22. The monoisotopic (exact) mass is 300 g/mol. The third kappa shape index (κ3) is 9.26. The first-order valence-electron chi connectivity index (χ1n) is 8.77. The zero-order valence-corrected chi connectivity index (χ0v) is 14.6. The van der Waals surface area contributed by atoms with Crippen molar-refractivity contribution in [3.63, 3.8) is 0 Å². The normalized spacial score (nSPS) is 24.8. The Bertz CT molecular complexity index is 241. The largest absolute Gasteiger partial charge is 0.396 e. The highest BCUT2D eigenvalue weighted by Crippen LogP contribution is 2.29. The molecule has 2 fully saturated rings. The number of ketones is 1. The number of methoxy groups -OCH3 is 1. The van der Waals surface area contributed by atoms with E-state index in [2.05, 4.69) is 0 Å². The quantitative estimate of drug-likeness (QED) is 0.826. The van der Waals surface area contributed by atoms with Crippen LogP contribution in [-0.2, 0) is 9.53 Å². The van der Waals surface area contributed by atoms with E-state index >= 15 is 0 Å². The van der Waals surface area contributed by atoms with E-state index in [1.54, 1.807) is 14.0 Å². The zero-order valence-electron chi connectivity index (χ0n) is 14.6. The summed E-state index contributed by atoms with van der Waals surface area (Å²) in [5.74, 6) is 2.29. The van der Waals surface area contributed by atoms with Crippen molar-refractivity contribution in [3.05, 3.63) is 0 Å². The van der Waals surface area contributed by atoms with Gasteiger partial charge in [0, 0.05) is 26.2 Å². The van der Waals surface area contributed by atoms with Crippen LogP contribution in [0.3, 0.4) is 0 Å². The minimum Gasteiger partial charge on any atom is -0.396 e. The molecule has 1 N–H and O–H groups in total. The summed E-state index contributed by atoms with van der Waals surface area (Å²) in [5, 5.41) is 8.40. The second kappa shape index (κ2) is 13.3. The van der Waals surface area contributed by atoms with Gasteiger partial charge in [-0.2, -0.15) is 0 Å². The highest BCUT2D eigenvalue weighted by molar-refractivity contribution is 5.78. The molecule has 0 radical (unpaired) electrons.